The highest BCUT2D eigenvalue weighted by Gasteiger charge is 2.22. The molecule has 25 heavy (non-hydrogen) atoms. The van der Waals surface area contributed by atoms with Gasteiger partial charge in [-0.2, -0.15) is 0 Å². The van der Waals surface area contributed by atoms with E-state index in [1.807, 2.05) is 36.4 Å². The van der Waals surface area contributed by atoms with Crippen LogP contribution < -0.4 is 21.8 Å². The monoisotopic (exact) mass is 361 g/mol. The van der Waals surface area contributed by atoms with Gasteiger partial charge in [0.15, 0.2) is 0 Å². The minimum Gasteiger partial charge on any atom is -0.368 e. The molecule has 8 heteroatoms. The maximum atomic E-state index is 12.2. The Hall–Kier alpha value is -2.50. The summed E-state index contributed by atoms with van der Waals surface area (Å²) in [5.74, 6) is -2.54. The highest BCUT2D eigenvalue weighted by atomic mass is 31.0. The molecule has 2 aromatic carbocycles. The SMILES string of the molecule is NC(=O)CNC(=O)C(CC(=O)NO)Cc1ccc2cc(P)ccc2c1. The smallest absolute Gasteiger partial charge is 0.244 e. The molecule has 2 atom stereocenters. The number of nitrogens with two attached hydrogens (primary N) is 1. The molecule has 5 N–H and O–H groups in total. The van der Waals surface area contributed by atoms with Crippen molar-refractivity contribution in [1.29, 1.82) is 0 Å². The van der Waals surface area contributed by atoms with Crippen molar-refractivity contribution in [2.24, 2.45) is 11.7 Å². The molecule has 132 valence electrons. The van der Waals surface area contributed by atoms with Crippen molar-refractivity contribution in [3.05, 3.63) is 42.0 Å². The fourth-order valence-corrected chi connectivity index (χ4v) is 2.85. The van der Waals surface area contributed by atoms with Gasteiger partial charge in [0.25, 0.3) is 0 Å². The van der Waals surface area contributed by atoms with E-state index in [9.17, 15) is 14.4 Å². The van der Waals surface area contributed by atoms with Gasteiger partial charge < -0.3 is 11.1 Å². The number of primary amides is 1. The summed E-state index contributed by atoms with van der Waals surface area (Å²) >= 11 is 0. The Morgan fingerprint density at radius 3 is 2.48 bits per heavy atom. The van der Waals surface area contributed by atoms with Gasteiger partial charge in [-0.15, -0.1) is 9.24 Å². The number of carbonyl (C=O) groups excluding carboxylic acids is 3. The second-order valence-corrected chi connectivity index (χ2v) is 6.43. The fourth-order valence-electron chi connectivity index (χ4n) is 2.57. The summed E-state index contributed by atoms with van der Waals surface area (Å²) in [6.07, 6.45) is 0.0836. The van der Waals surface area contributed by atoms with Crippen LogP contribution >= 0.6 is 9.24 Å². The third-order valence-electron chi connectivity index (χ3n) is 3.77. The van der Waals surface area contributed by atoms with E-state index < -0.39 is 23.6 Å². The van der Waals surface area contributed by atoms with Gasteiger partial charge in [0.05, 0.1) is 12.5 Å². The number of rotatable bonds is 7. The summed E-state index contributed by atoms with van der Waals surface area (Å²) < 4.78 is 0. The van der Waals surface area contributed by atoms with Gasteiger partial charge in [-0.1, -0.05) is 30.3 Å². The van der Waals surface area contributed by atoms with Crippen LogP contribution in [0.3, 0.4) is 0 Å². The van der Waals surface area contributed by atoms with Crippen molar-refractivity contribution in [3.63, 3.8) is 0 Å². The minimum atomic E-state index is -0.732. The molecule has 0 aliphatic heterocycles. The molecule has 7 nitrogen and oxygen atoms in total. The molecule has 0 aliphatic rings. The topological polar surface area (TPSA) is 122 Å². The molecule has 0 heterocycles. The lowest BCUT2D eigenvalue weighted by molar-refractivity contribution is -0.135. The van der Waals surface area contributed by atoms with Gasteiger partial charge in [-0.25, -0.2) is 5.48 Å². The maximum Gasteiger partial charge on any atom is 0.244 e. The van der Waals surface area contributed by atoms with Crippen molar-refractivity contribution >= 4 is 43.0 Å². The summed E-state index contributed by atoms with van der Waals surface area (Å²) in [5, 5.41) is 14.3. The highest BCUT2D eigenvalue weighted by Crippen LogP contribution is 2.19. The standard InChI is InChI=1S/C17H20N3O4P/c18-15(21)9-19-17(23)13(8-16(22)20-24)6-10-1-2-12-7-14(25)4-3-11(12)5-10/h1-5,7,13,24H,6,8-9,25H2,(H2,18,21)(H,19,23)(H,20,22). The molecule has 3 amide bonds. The zero-order chi connectivity index (χ0) is 18.4. The van der Waals surface area contributed by atoms with Gasteiger partial charge in [0.1, 0.15) is 0 Å². The highest BCUT2D eigenvalue weighted by molar-refractivity contribution is 7.27. The van der Waals surface area contributed by atoms with Gasteiger partial charge in [0, 0.05) is 6.42 Å². The quantitative estimate of drug-likeness (QED) is 0.315. The van der Waals surface area contributed by atoms with Crippen molar-refractivity contribution in [1.82, 2.24) is 10.8 Å². The summed E-state index contributed by atoms with van der Waals surface area (Å²) in [5.41, 5.74) is 7.41. The van der Waals surface area contributed by atoms with Crippen LogP contribution in [0.25, 0.3) is 10.8 Å². The number of nitrogens with one attached hydrogen (secondary N) is 2. The van der Waals surface area contributed by atoms with E-state index in [1.54, 1.807) is 0 Å². The predicted molar refractivity (Wildman–Crippen MR) is 97.2 cm³/mol. The molecule has 0 saturated carbocycles. The number of carbonyl (C=O) groups is 3. The molecule has 2 aromatic rings. The molecule has 0 saturated heterocycles. The Morgan fingerprint density at radius 2 is 1.80 bits per heavy atom. The normalized spacial score (nSPS) is 11.8. The molecule has 0 fully saturated rings. The molecule has 0 aromatic heterocycles. The van der Waals surface area contributed by atoms with Crippen LogP contribution in [0.15, 0.2) is 36.4 Å². The average molecular weight is 361 g/mol. The molecule has 2 rings (SSSR count). The first-order valence-corrected chi connectivity index (χ1v) is 8.24. The van der Waals surface area contributed by atoms with E-state index in [0.29, 0.717) is 0 Å². The lowest BCUT2D eigenvalue weighted by Gasteiger charge is -2.16. The summed E-state index contributed by atoms with van der Waals surface area (Å²) in [7, 11) is 2.64. The number of hydroxylamine groups is 1. The van der Waals surface area contributed by atoms with Crippen LogP contribution in [0.4, 0.5) is 0 Å². The first-order chi connectivity index (χ1) is 11.9. The van der Waals surface area contributed by atoms with E-state index in [1.165, 1.54) is 5.48 Å². The summed E-state index contributed by atoms with van der Waals surface area (Å²) in [4.78, 5) is 34.5. The van der Waals surface area contributed by atoms with E-state index in [0.717, 1.165) is 21.6 Å². The summed E-state index contributed by atoms with van der Waals surface area (Å²) in [6, 6.07) is 11.8. The molecule has 0 aliphatic carbocycles. The van der Waals surface area contributed by atoms with E-state index in [2.05, 4.69) is 14.6 Å². The first kappa shape index (κ1) is 18.8. The molecule has 0 spiro atoms. The van der Waals surface area contributed by atoms with Gasteiger partial charge >= 0.3 is 0 Å². The second-order valence-electron chi connectivity index (χ2n) is 5.77. The largest absolute Gasteiger partial charge is 0.368 e. The zero-order valence-corrected chi connectivity index (χ0v) is 14.6. The number of hydrogen-bond donors (Lipinski definition) is 4. The van der Waals surface area contributed by atoms with E-state index in [-0.39, 0.29) is 19.4 Å². The van der Waals surface area contributed by atoms with Crippen molar-refractivity contribution in [3.8, 4) is 0 Å². The Kier molecular flexibility index (Phi) is 6.44. The van der Waals surface area contributed by atoms with Crippen molar-refractivity contribution in [2.75, 3.05) is 6.54 Å². The van der Waals surface area contributed by atoms with Crippen molar-refractivity contribution < 1.29 is 19.6 Å². The van der Waals surface area contributed by atoms with Crippen molar-refractivity contribution in [2.45, 2.75) is 12.8 Å². The van der Waals surface area contributed by atoms with Gasteiger partial charge in [-0.05, 0) is 34.1 Å². The van der Waals surface area contributed by atoms with E-state index in [4.69, 9.17) is 10.9 Å². The average Bonchev–Trinajstić information content (AvgIpc) is 2.58. The first-order valence-electron chi connectivity index (χ1n) is 7.66. The number of amides is 3. The number of benzene rings is 2. The lowest BCUT2D eigenvalue weighted by Crippen LogP contribution is -2.39. The molecular weight excluding hydrogens is 341 g/mol. The van der Waals surface area contributed by atoms with Crippen LogP contribution in [-0.2, 0) is 20.8 Å². The molecular formula is C17H20N3O4P. The Labute approximate surface area is 147 Å². The molecule has 0 bridgehead atoms. The third kappa shape index (κ3) is 5.52. The van der Waals surface area contributed by atoms with Gasteiger partial charge in [0.2, 0.25) is 17.7 Å². The second kappa shape index (κ2) is 8.55. The Morgan fingerprint density at radius 1 is 1.12 bits per heavy atom. The van der Waals surface area contributed by atoms with Gasteiger partial charge in [-0.3, -0.25) is 19.6 Å². The fraction of sp³-hybridized carbons (Fsp3) is 0.235. The predicted octanol–water partition coefficient (Wildman–Crippen LogP) is -0.00410. The van der Waals surface area contributed by atoms with Crippen LogP contribution in [0, 0.1) is 5.92 Å². The maximum absolute atomic E-state index is 12.2. The van der Waals surface area contributed by atoms with E-state index >= 15 is 0 Å². The van der Waals surface area contributed by atoms with Crippen LogP contribution in [0.1, 0.15) is 12.0 Å². The van der Waals surface area contributed by atoms with Crippen LogP contribution in [-0.4, -0.2) is 29.5 Å². The Balaban J connectivity index is 2.19. The summed E-state index contributed by atoms with van der Waals surface area (Å²) in [6.45, 7) is -0.301. The lowest BCUT2D eigenvalue weighted by atomic mass is 9.93. The van der Waals surface area contributed by atoms with Crippen LogP contribution in [0.5, 0.6) is 0 Å². The van der Waals surface area contributed by atoms with Crippen LogP contribution in [0.2, 0.25) is 0 Å². The molecule has 2 unspecified atom stereocenters. The third-order valence-corrected chi connectivity index (χ3v) is 4.13. The zero-order valence-electron chi connectivity index (χ0n) is 13.5. The number of hydrogen-bond acceptors (Lipinski definition) is 4. The Bertz CT molecular complexity index is 810. The number of fused-ring (bicyclic) bond motifs is 1. The molecule has 0 radical (unpaired) electrons. The minimum absolute atomic E-state index is 0.205.